The van der Waals surface area contributed by atoms with E-state index in [0.717, 1.165) is 35.3 Å². The molecule has 22 heavy (non-hydrogen) atoms. The predicted molar refractivity (Wildman–Crippen MR) is 89.4 cm³/mol. The number of nitrogens with one attached hydrogen (secondary N) is 2. The average Bonchev–Trinajstić information content (AvgIpc) is 2.85. The van der Waals surface area contributed by atoms with Gasteiger partial charge in [0, 0.05) is 24.0 Å². The van der Waals surface area contributed by atoms with Crippen LogP contribution in [0, 0.1) is 12.3 Å². The van der Waals surface area contributed by atoms with E-state index < -0.39 is 5.97 Å². The fraction of sp³-hybridized carbons (Fsp3) is 0.267. The van der Waals surface area contributed by atoms with E-state index in [1.165, 1.54) is 6.21 Å². The minimum Gasteiger partial charge on any atom is -0.477 e. The van der Waals surface area contributed by atoms with Gasteiger partial charge in [-0.3, -0.25) is 0 Å². The first-order chi connectivity index (χ1) is 10.5. The van der Waals surface area contributed by atoms with E-state index in [1.54, 1.807) is 13.0 Å². The van der Waals surface area contributed by atoms with Crippen LogP contribution in [0.5, 0.6) is 0 Å². The summed E-state index contributed by atoms with van der Waals surface area (Å²) in [5, 5.41) is 20.2. The zero-order valence-electron chi connectivity index (χ0n) is 12.2. The monoisotopic (exact) mass is 318 g/mol. The molecular formula is C15H18N4O2S. The summed E-state index contributed by atoms with van der Waals surface area (Å²) < 4.78 is 0. The molecule has 1 heterocycles. The number of aryl methyl sites for hydroxylation is 2. The van der Waals surface area contributed by atoms with Crippen LogP contribution in [0.3, 0.4) is 0 Å². The number of hydrogen-bond acceptors (Lipinski definition) is 6. The minimum absolute atomic E-state index is 0.268. The van der Waals surface area contributed by atoms with E-state index in [0.29, 0.717) is 23.1 Å². The molecule has 0 fully saturated rings. The molecule has 0 atom stereocenters. The van der Waals surface area contributed by atoms with Crippen molar-refractivity contribution in [2.45, 2.75) is 19.8 Å². The first kappa shape index (κ1) is 16.0. The Hall–Kier alpha value is -2.41. The molecule has 2 rings (SSSR count). The molecule has 0 saturated heterocycles. The maximum atomic E-state index is 11.0. The van der Waals surface area contributed by atoms with E-state index in [4.69, 9.17) is 16.2 Å². The van der Waals surface area contributed by atoms with Gasteiger partial charge in [-0.15, -0.1) is 0 Å². The van der Waals surface area contributed by atoms with Crippen molar-refractivity contribution in [1.82, 2.24) is 4.98 Å². The molecule has 1 aromatic carbocycles. The second-order valence-corrected chi connectivity index (χ2v) is 5.83. The third-order valence-electron chi connectivity index (χ3n) is 3.26. The number of nitrogens with zero attached hydrogens (tertiary/aromatic N) is 1. The number of carbonyl (C=O) groups is 1. The van der Waals surface area contributed by atoms with Gasteiger partial charge in [0.2, 0.25) is 0 Å². The van der Waals surface area contributed by atoms with Gasteiger partial charge in [-0.05, 0) is 31.4 Å². The summed E-state index contributed by atoms with van der Waals surface area (Å²) >= 11 is 1.15. The molecule has 0 amide bonds. The van der Waals surface area contributed by atoms with Crippen LogP contribution in [0.15, 0.2) is 18.2 Å². The van der Waals surface area contributed by atoms with Crippen molar-refractivity contribution in [2.75, 3.05) is 17.6 Å². The number of carboxylic acid groups (broad SMARTS) is 1. The van der Waals surface area contributed by atoms with Crippen LogP contribution < -0.4 is 11.1 Å². The number of aromatic carboxylic acids is 1. The Morgan fingerprint density at radius 2 is 2.32 bits per heavy atom. The largest absolute Gasteiger partial charge is 0.477 e. The molecule has 0 saturated carbocycles. The zero-order valence-corrected chi connectivity index (χ0v) is 13.0. The predicted octanol–water partition coefficient (Wildman–Crippen LogP) is 2.77. The number of benzene rings is 1. The molecule has 0 aliphatic rings. The van der Waals surface area contributed by atoms with Gasteiger partial charge in [-0.2, -0.15) is 0 Å². The lowest BCUT2D eigenvalue weighted by molar-refractivity contribution is 0.0701. The molecule has 6 nitrogen and oxygen atoms in total. The van der Waals surface area contributed by atoms with Gasteiger partial charge in [0.1, 0.15) is 4.88 Å². The van der Waals surface area contributed by atoms with Crippen molar-refractivity contribution in [3.8, 4) is 0 Å². The van der Waals surface area contributed by atoms with Crippen LogP contribution >= 0.6 is 11.3 Å². The van der Waals surface area contributed by atoms with Crippen molar-refractivity contribution in [2.24, 2.45) is 0 Å². The third kappa shape index (κ3) is 3.62. The SMILES string of the molecule is Cc1nc(NCCCc2cccc(N)c2C=N)sc1C(=O)O. The molecule has 1 aromatic heterocycles. The summed E-state index contributed by atoms with van der Waals surface area (Å²) in [7, 11) is 0. The van der Waals surface area contributed by atoms with Gasteiger partial charge < -0.3 is 21.6 Å². The summed E-state index contributed by atoms with van der Waals surface area (Å²) in [6, 6.07) is 5.63. The van der Waals surface area contributed by atoms with Crippen LogP contribution in [-0.4, -0.2) is 28.8 Å². The third-order valence-corrected chi connectivity index (χ3v) is 4.37. The summed E-state index contributed by atoms with van der Waals surface area (Å²) in [5.41, 5.74) is 8.79. The van der Waals surface area contributed by atoms with Crippen molar-refractivity contribution < 1.29 is 9.90 Å². The Balaban J connectivity index is 1.90. The molecule has 5 N–H and O–H groups in total. The van der Waals surface area contributed by atoms with Gasteiger partial charge in [0.15, 0.2) is 5.13 Å². The molecule has 0 aliphatic carbocycles. The normalized spacial score (nSPS) is 10.4. The lowest BCUT2D eigenvalue weighted by Gasteiger charge is -2.08. The van der Waals surface area contributed by atoms with Crippen LogP contribution in [0.4, 0.5) is 10.8 Å². The zero-order chi connectivity index (χ0) is 16.1. The summed E-state index contributed by atoms with van der Waals surface area (Å²) in [4.78, 5) is 15.4. The van der Waals surface area contributed by atoms with Crippen LogP contribution in [-0.2, 0) is 6.42 Å². The smallest absolute Gasteiger partial charge is 0.347 e. The first-order valence-corrected chi connectivity index (χ1v) is 7.67. The Labute approximate surface area is 132 Å². The molecule has 0 spiro atoms. The standard InChI is InChI=1S/C15H18N4O2S/c1-9-13(14(20)21)22-15(19-9)18-7-3-5-10-4-2-6-12(17)11(10)8-16/h2,4,6,8,16H,3,5,7,17H2,1H3,(H,18,19)(H,20,21). The van der Waals surface area contributed by atoms with E-state index in [2.05, 4.69) is 10.3 Å². The molecule has 0 aliphatic heterocycles. The second-order valence-electron chi connectivity index (χ2n) is 4.83. The average molecular weight is 318 g/mol. The number of thiazole rings is 1. The van der Waals surface area contributed by atoms with Crippen molar-refractivity contribution >= 4 is 34.3 Å². The van der Waals surface area contributed by atoms with Gasteiger partial charge >= 0.3 is 5.97 Å². The van der Waals surface area contributed by atoms with Crippen molar-refractivity contribution in [3.63, 3.8) is 0 Å². The number of aromatic nitrogens is 1. The summed E-state index contributed by atoms with van der Waals surface area (Å²) in [6.07, 6.45) is 2.91. The fourth-order valence-corrected chi connectivity index (χ4v) is 3.00. The molecule has 7 heteroatoms. The highest BCUT2D eigenvalue weighted by Gasteiger charge is 2.13. The van der Waals surface area contributed by atoms with Crippen LogP contribution in [0.1, 0.15) is 32.9 Å². The highest BCUT2D eigenvalue weighted by Crippen LogP contribution is 2.22. The van der Waals surface area contributed by atoms with Crippen LogP contribution in [0.25, 0.3) is 0 Å². The topological polar surface area (TPSA) is 112 Å². The highest BCUT2D eigenvalue weighted by molar-refractivity contribution is 7.17. The Kier molecular flexibility index (Phi) is 5.11. The maximum Gasteiger partial charge on any atom is 0.347 e. The van der Waals surface area contributed by atoms with Crippen LogP contribution in [0.2, 0.25) is 0 Å². The number of anilines is 2. The van der Waals surface area contributed by atoms with Crippen molar-refractivity contribution in [1.29, 1.82) is 5.41 Å². The Bertz CT molecular complexity index is 697. The Morgan fingerprint density at radius 3 is 2.95 bits per heavy atom. The quantitative estimate of drug-likeness (QED) is 0.356. The van der Waals surface area contributed by atoms with Gasteiger partial charge in [-0.25, -0.2) is 9.78 Å². The molecule has 116 valence electrons. The summed E-state index contributed by atoms with van der Waals surface area (Å²) in [6.45, 7) is 2.37. The van der Waals surface area contributed by atoms with Crippen molar-refractivity contribution in [3.05, 3.63) is 39.9 Å². The molecule has 0 radical (unpaired) electrons. The van der Waals surface area contributed by atoms with E-state index in [-0.39, 0.29) is 4.88 Å². The first-order valence-electron chi connectivity index (χ1n) is 6.85. The van der Waals surface area contributed by atoms with Gasteiger partial charge in [0.05, 0.1) is 5.69 Å². The number of hydrogen-bond donors (Lipinski definition) is 4. The molecule has 0 bridgehead atoms. The molecule has 0 unspecified atom stereocenters. The van der Waals surface area contributed by atoms with E-state index in [9.17, 15) is 4.79 Å². The Morgan fingerprint density at radius 1 is 1.55 bits per heavy atom. The molecule has 2 aromatic rings. The highest BCUT2D eigenvalue weighted by atomic mass is 32.1. The van der Waals surface area contributed by atoms with E-state index in [1.807, 2.05) is 12.1 Å². The second kappa shape index (κ2) is 7.04. The lowest BCUT2D eigenvalue weighted by Crippen LogP contribution is -2.05. The number of rotatable bonds is 7. The summed E-state index contributed by atoms with van der Waals surface area (Å²) in [5.74, 6) is -0.946. The minimum atomic E-state index is -0.946. The fourth-order valence-electron chi connectivity index (χ4n) is 2.17. The number of nitrogens with two attached hydrogens (primary N) is 1. The molecular weight excluding hydrogens is 300 g/mol. The lowest BCUT2D eigenvalue weighted by atomic mass is 10.0. The van der Waals surface area contributed by atoms with E-state index >= 15 is 0 Å². The van der Waals surface area contributed by atoms with Gasteiger partial charge in [-0.1, -0.05) is 23.5 Å². The number of nitrogen functional groups attached to an aromatic ring is 1. The number of carboxylic acids is 1. The van der Waals surface area contributed by atoms with Gasteiger partial charge in [0.25, 0.3) is 0 Å². The maximum absolute atomic E-state index is 11.0.